The van der Waals surface area contributed by atoms with E-state index in [1.54, 1.807) is 0 Å². The molecule has 0 spiro atoms. The molecule has 1 aromatic heterocycles. The molecule has 154 valence electrons. The summed E-state index contributed by atoms with van der Waals surface area (Å²) in [4.78, 5) is 41.8. The number of H-pyrrole nitrogens is 1. The Morgan fingerprint density at radius 2 is 1.83 bits per heavy atom. The molecule has 0 fully saturated rings. The van der Waals surface area contributed by atoms with E-state index in [1.807, 2.05) is 37.3 Å². The number of carbonyl (C=O) groups excluding carboxylic acids is 3. The van der Waals surface area contributed by atoms with Crippen LogP contribution in [0.25, 0.3) is 0 Å². The van der Waals surface area contributed by atoms with Gasteiger partial charge in [0.05, 0.1) is 20.6 Å². The molecule has 1 heterocycles. The summed E-state index contributed by atoms with van der Waals surface area (Å²) in [5, 5.41) is 4.48. The van der Waals surface area contributed by atoms with Crippen LogP contribution in [0, 0.1) is 6.92 Å². The fraction of sp³-hybridized carbons (Fsp3) is 0.263. The summed E-state index contributed by atoms with van der Waals surface area (Å²) in [7, 11) is 2.46. The van der Waals surface area contributed by atoms with E-state index in [0.717, 1.165) is 23.2 Å². The molecule has 3 N–H and O–H groups in total. The van der Waals surface area contributed by atoms with Gasteiger partial charge in [0.1, 0.15) is 5.69 Å². The van der Waals surface area contributed by atoms with Gasteiger partial charge >= 0.3 is 18.2 Å². The number of aromatic amines is 1. The number of aliphatic imine (C=N–C) groups is 1. The third kappa shape index (κ3) is 6.09. The molecule has 0 aliphatic rings. The molecule has 1 aromatic carbocycles. The Bertz CT molecular complexity index is 892. The van der Waals surface area contributed by atoms with Gasteiger partial charge in [0.2, 0.25) is 0 Å². The lowest BCUT2D eigenvalue weighted by atomic mass is 10.0. The van der Waals surface area contributed by atoms with Crippen LogP contribution in [0.5, 0.6) is 0 Å². The molecular formula is C19H22N4O6. The van der Waals surface area contributed by atoms with Crippen molar-refractivity contribution < 1.29 is 28.6 Å². The lowest BCUT2D eigenvalue weighted by Gasteiger charge is -2.06. The molecule has 0 atom stereocenters. The number of nitrogens with zero attached hydrogens (tertiary/aromatic N) is 1. The quantitative estimate of drug-likeness (QED) is 0.214. The Morgan fingerprint density at radius 3 is 2.48 bits per heavy atom. The monoisotopic (exact) mass is 402 g/mol. The highest BCUT2D eigenvalue weighted by Crippen LogP contribution is 2.30. The number of methoxy groups -OCH3 is 2. The standard InChI is InChI=1S/C19H22N4O6/c1-12-14(9-13-7-5-4-6-8-13)15(16(23-12)17(24)27-2)20-10-21-19(26)29-11-22-18(25)28-3/h4-8,10,23H,9,11H2,1-3H3,(H,22,25)(H,20,21,26). The summed E-state index contributed by atoms with van der Waals surface area (Å²) in [5.41, 5.74) is 3.10. The van der Waals surface area contributed by atoms with Crippen LogP contribution in [0.2, 0.25) is 0 Å². The van der Waals surface area contributed by atoms with E-state index in [1.165, 1.54) is 14.2 Å². The molecule has 0 aliphatic carbocycles. The van der Waals surface area contributed by atoms with Crippen molar-refractivity contribution in [1.82, 2.24) is 15.6 Å². The number of ether oxygens (including phenoxy) is 3. The molecule has 0 radical (unpaired) electrons. The number of amides is 2. The Kier molecular flexibility index (Phi) is 7.78. The highest BCUT2D eigenvalue weighted by atomic mass is 16.6. The van der Waals surface area contributed by atoms with Crippen molar-refractivity contribution in [2.75, 3.05) is 21.0 Å². The number of hydrogen-bond donors (Lipinski definition) is 3. The maximum absolute atomic E-state index is 12.1. The van der Waals surface area contributed by atoms with Gasteiger partial charge in [-0.05, 0) is 12.5 Å². The number of aryl methyl sites for hydroxylation is 1. The maximum atomic E-state index is 12.1. The largest absolute Gasteiger partial charge is 0.464 e. The van der Waals surface area contributed by atoms with Crippen LogP contribution in [0.4, 0.5) is 15.3 Å². The zero-order chi connectivity index (χ0) is 21.2. The number of nitrogens with one attached hydrogen (secondary N) is 3. The Morgan fingerprint density at radius 1 is 1.10 bits per heavy atom. The first-order valence-electron chi connectivity index (χ1n) is 8.57. The molecule has 0 saturated heterocycles. The van der Waals surface area contributed by atoms with Crippen LogP contribution in [0.15, 0.2) is 35.3 Å². The van der Waals surface area contributed by atoms with Crippen molar-refractivity contribution in [3.63, 3.8) is 0 Å². The van der Waals surface area contributed by atoms with E-state index >= 15 is 0 Å². The maximum Gasteiger partial charge on any atom is 0.414 e. The lowest BCUT2D eigenvalue weighted by molar-refractivity contribution is 0.0595. The molecule has 10 nitrogen and oxygen atoms in total. The molecule has 2 amide bonds. The number of benzene rings is 1. The van der Waals surface area contributed by atoms with Crippen LogP contribution in [-0.4, -0.2) is 50.4 Å². The van der Waals surface area contributed by atoms with Gasteiger partial charge in [-0.2, -0.15) is 0 Å². The number of rotatable bonds is 7. The fourth-order valence-corrected chi connectivity index (χ4v) is 2.48. The first-order chi connectivity index (χ1) is 14.0. The molecule has 29 heavy (non-hydrogen) atoms. The van der Waals surface area contributed by atoms with E-state index in [9.17, 15) is 14.4 Å². The Hall–Kier alpha value is -3.82. The number of alkyl carbamates (subject to hydrolysis) is 2. The van der Waals surface area contributed by atoms with Gasteiger partial charge in [0.25, 0.3) is 0 Å². The minimum absolute atomic E-state index is 0.176. The second-order valence-electron chi connectivity index (χ2n) is 5.75. The van der Waals surface area contributed by atoms with Gasteiger partial charge in [-0.1, -0.05) is 30.3 Å². The van der Waals surface area contributed by atoms with Gasteiger partial charge in [-0.3, -0.25) is 10.6 Å². The predicted molar refractivity (Wildman–Crippen MR) is 104 cm³/mol. The van der Waals surface area contributed by atoms with Gasteiger partial charge in [-0.15, -0.1) is 0 Å². The van der Waals surface area contributed by atoms with Crippen LogP contribution in [0.3, 0.4) is 0 Å². The van der Waals surface area contributed by atoms with Crippen LogP contribution < -0.4 is 10.6 Å². The van der Waals surface area contributed by atoms with Crippen molar-refractivity contribution in [3.8, 4) is 0 Å². The Labute approximate surface area is 167 Å². The van der Waals surface area contributed by atoms with Crippen LogP contribution >= 0.6 is 0 Å². The van der Waals surface area contributed by atoms with E-state index in [2.05, 4.69) is 25.3 Å². The van der Waals surface area contributed by atoms with E-state index in [-0.39, 0.29) is 12.4 Å². The number of carbonyl (C=O) groups is 3. The lowest BCUT2D eigenvalue weighted by Crippen LogP contribution is -2.31. The summed E-state index contributed by atoms with van der Waals surface area (Å²) in [6.07, 6.45) is 0.0499. The molecule has 0 aliphatic heterocycles. The zero-order valence-electron chi connectivity index (χ0n) is 16.3. The smallest absolute Gasteiger partial charge is 0.414 e. The third-order valence-corrected chi connectivity index (χ3v) is 3.88. The molecule has 0 unspecified atom stereocenters. The number of hydrogen-bond acceptors (Lipinski definition) is 7. The van der Waals surface area contributed by atoms with Crippen molar-refractivity contribution in [1.29, 1.82) is 0 Å². The average molecular weight is 402 g/mol. The highest BCUT2D eigenvalue weighted by Gasteiger charge is 2.21. The molecule has 2 aromatic rings. The SMILES string of the molecule is COC(=O)NCOC(=O)NC=Nc1c(C(=O)OC)[nH]c(C)c1Cc1ccccc1. The number of aromatic nitrogens is 1. The molecule has 0 bridgehead atoms. The van der Waals surface area contributed by atoms with Crippen molar-refractivity contribution in [3.05, 3.63) is 52.8 Å². The topological polar surface area (TPSA) is 131 Å². The molecule has 10 heteroatoms. The first kappa shape index (κ1) is 21.5. The van der Waals surface area contributed by atoms with Gasteiger partial charge in [0.15, 0.2) is 12.4 Å². The van der Waals surface area contributed by atoms with E-state index in [4.69, 9.17) is 9.47 Å². The predicted octanol–water partition coefficient (Wildman–Crippen LogP) is 2.40. The van der Waals surface area contributed by atoms with E-state index in [0.29, 0.717) is 12.1 Å². The molecule has 2 rings (SSSR count). The summed E-state index contributed by atoms with van der Waals surface area (Å²) >= 11 is 0. The minimum atomic E-state index is -0.846. The summed E-state index contributed by atoms with van der Waals surface area (Å²) in [5.74, 6) is -0.579. The van der Waals surface area contributed by atoms with Crippen molar-refractivity contribution in [2.24, 2.45) is 4.99 Å². The third-order valence-electron chi connectivity index (χ3n) is 3.88. The second kappa shape index (κ2) is 10.5. The molecular weight excluding hydrogens is 380 g/mol. The van der Waals surface area contributed by atoms with Crippen LogP contribution in [-0.2, 0) is 20.6 Å². The second-order valence-corrected chi connectivity index (χ2v) is 5.75. The highest BCUT2D eigenvalue weighted by molar-refractivity contribution is 5.95. The van der Waals surface area contributed by atoms with Gasteiger partial charge < -0.3 is 19.2 Å². The van der Waals surface area contributed by atoms with Crippen molar-refractivity contribution in [2.45, 2.75) is 13.3 Å². The summed E-state index contributed by atoms with van der Waals surface area (Å²) in [6.45, 7) is 1.45. The first-order valence-corrected chi connectivity index (χ1v) is 8.57. The normalized spacial score (nSPS) is 10.4. The summed E-state index contributed by atoms with van der Waals surface area (Å²) < 4.78 is 13.9. The van der Waals surface area contributed by atoms with Crippen LogP contribution in [0.1, 0.15) is 27.3 Å². The summed E-state index contributed by atoms with van der Waals surface area (Å²) in [6, 6.07) is 9.67. The minimum Gasteiger partial charge on any atom is -0.464 e. The zero-order valence-corrected chi connectivity index (χ0v) is 16.3. The van der Waals surface area contributed by atoms with Gasteiger partial charge in [-0.25, -0.2) is 19.4 Å². The average Bonchev–Trinajstić information content (AvgIpc) is 3.03. The van der Waals surface area contributed by atoms with E-state index < -0.39 is 18.2 Å². The van der Waals surface area contributed by atoms with Crippen molar-refractivity contribution >= 4 is 30.2 Å². The van der Waals surface area contributed by atoms with Gasteiger partial charge in [0, 0.05) is 17.7 Å². The fourth-order valence-electron chi connectivity index (χ4n) is 2.48. The molecule has 0 saturated carbocycles. The number of esters is 1. The Balaban J connectivity index is 2.14.